The molecule has 120 valence electrons. The summed E-state index contributed by atoms with van der Waals surface area (Å²) >= 11 is 0. The average Bonchev–Trinajstić information content (AvgIpc) is 2.46. The van der Waals surface area contributed by atoms with E-state index in [4.69, 9.17) is 0 Å². The Labute approximate surface area is 128 Å². The van der Waals surface area contributed by atoms with Gasteiger partial charge in [0.1, 0.15) is 11.6 Å². The number of nitrogens with zero attached hydrogens (tertiary/aromatic N) is 1. The molecule has 7 nitrogen and oxygen atoms in total. The summed E-state index contributed by atoms with van der Waals surface area (Å²) in [4.78, 5) is 20.6. The van der Waals surface area contributed by atoms with Crippen molar-refractivity contribution in [3.8, 4) is 0 Å². The smallest absolute Gasteiger partial charge is 0.268 e. The minimum Gasteiger partial charge on any atom is -0.268 e. The summed E-state index contributed by atoms with van der Waals surface area (Å²) in [7, 11) is -4.61. The molecule has 0 saturated heterocycles. The summed E-state index contributed by atoms with van der Waals surface area (Å²) in [6, 6.07) is 6.23. The monoisotopic (exact) mass is 342 g/mol. The minimum atomic E-state index is -4.61. The predicted molar refractivity (Wildman–Crippen MR) is 74.1 cm³/mol. The molecule has 0 aromatic heterocycles. The van der Waals surface area contributed by atoms with Crippen LogP contribution in [0, 0.1) is 21.7 Å². The second-order valence-corrected chi connectivity index (χ2v) is 6.00. The molecule has 0 unspecified atom stereocenters. The van der Waals surface area contributed by atoms with E-state index in [0.29, 0.717) is 18.2 Å². The van der Waals surface area contributed by atoms with Crippen molar-refractivity contribution in [2.45, 2.75) is 4.90 Å². The lowest BCUT2D eigenvalue weighted by atomic mass is 10.2. The average molecular weight is 342 g/mol. The molecule has 0 spiro atoms. The fourth-order valence-corrected chi connectivity index (χ4v) is 2.71. The third kappa shape index (κ3) is 3.66. The van der Waals surface area contributed by atoms with Crippen LogP contribution in [0.3, 0.4) is 0 Å². The van der Waals surface area contributed by atoms with E-state index in [0.717, 1.165) is 12.1 Å². The summed E-state index contributed by atoms with van der Waals surface area (Å²) in [5.74, 6) is -3.40. The van der Waals surface area contributed by atoms with Crippen molar-refractivity contribution >= 4 is 21.6 Å². The van der Waals surface area contributed by atoms with Crippen LogP contribution >= 0.6 is 0 Å². The highest BCUT2D eigenvalue weighted by Gasteiger charge is 2.23. The minimum absolute atomic E-state index is 0.504. The van der Waals surface area contributed by atoms with Gasteiger partial charge >= 0.3 is 0 Å². The zero-order valence-electron chi connectivity index (χ0n) is 11.2. The lowest BCUT2D eigenvalue weighted by Crippen LogP contribution is -2.31. The van der Waals surface area contributed by atoms with Crippen molar-refractivity contribution in [1.29, 1.82) is 0 Å². The van der Waals surface area contributed by atoms with Crippen LogP contribution in [-0.2, 0) is 10.0 Å². The number of amides is 1. The maximum absolute atomic E-state index is 13.4. The quantitative estimate of drug-likeness (QED) is 0.675. The Morgan fingerprint density at radius 2 is 1.78 bits per heavy atom. The summed E-state index contributed by atoms with van der Waals surface area (Å²) in [6.07, 6.45) is 0. The van der Waals surface area contributed by atoms with Gasteiger partial charge in [0, 0.05) is 6.07 Å². The Morgan fingerprint density at radius 1 is 1.13 bits per heavy atom. The zero-order valence-corrected chi connectivity index (χ0v) is 12.0. The van der Waals surface area contributed by atoms with Crippen molar-refractivity contribution in [3.63, 3.8) is 0 Å². The molecule has 0 saturated carbocycles. The van der Waals surface area contributed by atoms with Crippen LogP contribution in [0.2, 0.25) is 0 Å². The van der Waals surface area contributed by atoms with Gasteiger partial charge in [-0.1, -0.05) is 12.1 Å². The first-order valence-corrected chi connectivity index (χ1v) is 7.45. The van der Waals surface area contributed by atoms with E-state index in [-0.39, 0.29) is 0 Å². The molecule has 0 radical (unpaired) electrons. The van der Waals surface area contributed by atoms with Gasteiger partial charge in [0.05, 0.1) is 21.4 Å². The fraction of sp³-hybridized carbons (Fsp3) is 0. The SMILES string of the molecule is O=C(NS(=O)(=O)c1cc(F)cc([N+](=O)[O-])c1)c1ccccc1F. The van der Waals surface area contributed by atoms with Gasteiger partial charge in [-0.15, -0.1) is 0 Å². The van der Waals surface area contributed by atoms with Crippen LogP contribution in [-0.4, -0.2) is 19.2 Å². The summed E-state index contributed by atoms with van der Waals surface area (Å²) in [5, 5.41) is 10.6. The van der Waals surface area contributed by atoms with Crippen molar-refractivity contribution < 1.29 is 26.9 Å². The van der Waals surface area contributed by atoms with Crippen LogP contribution in [0.15, 0.2) is 47.4 Å². The molecule has 0 aliphatic carbocycles. The van der Waals surface area contributed by atoms with Gasteiger partial charge < -0.3 is 0 Å². The normalized spacial score (nSPS) is 11.0. The first-order valence-electron chi connectivity index (χ1n) is 5.97. The molecule has 1 amide bonds. The summed E-state index contributed by atoms with van der Waals surface area (Å²) in [5.41, 5.74) is -1.34. The topological polar surface area (TPSA) is 106 Å². The summed E-state index contributed by atoms with van der Waals surface area (Å²) in [6.45, 7) is 0. The number of nitrogens with one attached hydrogen (secondary N) is 1. The highest BCUT2D eigenvalue weighted by Crippen LogP contribution is 2.20. The Balaban J connectivity index is 2.38. The van der Waals surface area contributed by atoms with Crippen LogP contribution in [0.5, 0.6) is 0 Å². The van der Waals surface area contributed by atoms with Crippen LogP contribution < -0.4 is 4.72 Å². The van der Waals surface area contributed by atoms with E-state index in [2.05, 4.69) is 0 Å². The van der Waals surface area contributed by atoms with Crippen molar-refractivity contribution in [2.75, 3.05) is 0 Å². The number of halogens is 2. The van der Waals surface area contributed by atoms with E-state index < -0.39 is 48.6 Å². The number of non-ortho nitro benzene ring substituents is 1. The highest BCUT2D eigenvalue weighted by molar-refractivity contribution is 7.90. The molecule has 2 aromatic rings. The second-order valence-electron chi connectivity index (χ2n) is 4.32. The molecule has 10 heteroatoms. The van der Waals surface area contributed by atoms with Crippen LogP contribution in [0.4, 0.5) is 14.5 Å². The molecule has 2 rings (SSSR count). The molecule has 0 aliphatic rings. The molecular weight excluding hydrogens is 334 g/mol. The van der Waals surface area contributed by atoms with Crippen molar-refractivity contribution in [1.82, 2.24) is 4.72 Å². The van der Waals surface area contributed by atoms with Gasteiger partial charge in [0.25, 0.3) is 21.6 Å². The first-order chi connectivity index (χ1) is 10.7. The molecule has 23 heavy (non-hydrogen) atoms. The van der Waals surface area contributed by atoms with Gasteiger partial charge in [-0.05, 0) is 18.2 Å². The van der Waals surface area contributed by atoms with E-state index in [1.54, 1.807) is 0 Å². The Kier molecular flexibility index (Phi) is 4.36. The van der Waals surface area contributed by atoms with Crippen molar-refractivity contribution in [3.05, 3.63) is 69.8 Å². The number of sulfonamides is 1. The van der Waals surface area contributed by atoms with E-state index in [1.165, 1.54) is 16.9 Å². The Hall–Kier alpha value is -2.88. The number of carbonyl (C=O) groups excluding carboxylic acids is 1. The van der Waals surface area contributed by atoms with Crippen LogP contribution in [0.25, 0.3) is 0 Å². The maximum atomic E-state index is 13.4. The Morgan fingerprint density at radius 3 is 2.39 bits per heavy atom. The highest BCUT2D eigenvalue weighted by atomic mass is 32.2. The molecule has 0 fully saturated rings. The number of rotatable bonds is 4. The van der Waals surface area contributed by atoms with Crippen molar-refractivity contribution in [2.24, 2.45) is 0 Å². The molecule has 0 bridgehead atoms. The number of nitro benzene ring substituents is 1. The van der Waals surface area contributed by atoms with E-state index in [9.17, 15) is 32.1 Å². The molecular formula is C13H8F2N2O5S. The Bertz CT molecular complexity index is 899. The van der Waals surface area contributed by atoms with E-state index in [1.807, 2.05) is 0 Å². The third-order valence-electron chi connectivity index (χ3n) is 2.72. The first kappa shape index (κ1) is 16.5. The van der Waals surface area contributed by atoms with Gasteiger partial charge in [-0.25, -0.2) is 21.9 Å². The summed E-state index contributed by atoms with van der Waals surface area (Å²) < 4.78 is 52.3. The zero-order chi connectivity index (χ0) is 17.2. The maximum Gasteiger partial charge on any atom is 0.273 e. The molecule has 2 aromatic carbocycles. The second kappa shape index (κ2) is 6.08. The molecule has 1 N–H and O–H groups in total. The standard InChI is InChI=1S/C13H8F2N2O5S/c14-8-5-9(17(19)20)7-10(6-8)23(21,22)16-13(18)11-3-1-2-4-12(11)15/h1-7H,(H,16,18). The van der Waals surface area contributed by atoms with E-state index >= 15 is 0 Å². The molecule has 0 atom stereocenters. The lowest BCUT2D eigenvalue weighted by Gasteiger charge is -2.07. The number of nitro groups is 1. The molecule has 0 aliphatic heterocycles. The number of hydrogen-bond acceptors (Lipinski definition) is 5. The van der Waals surface area contributed by atoms with Crippen LogP contribution in [0.1, 0.15) is 10.4 Å². The molecule has 0 heterocycles. The van der Waals surface area contributed by atoms with Gasteiger partial charge in [0.2, 0.25) is 0 Å². The fourth-order valence-electron chi connectivity index (χ4n) is 1.69. The number of carbonyl (C=O) groups is 1. The predicted octanol–water partition coefficient (Wildman–Crippen LogP) is 1.99. The lowest BCUT2D eigenvalue weighted by molar-refractivity contribution is -0.385. The largest absolute Gasteiger partial charge is 0.273 e. The van der Waals surface area contributed by atoms with Gasteiger partial charge in [-0.2, -0.15) is 0 Å². The van der Waals surface area contributed by atoms with Gasteiger partial charge in [-0.3, -0.25) is 14.9 Å². The third-order valence-corrected chi connectivity index (χ3v) is 4.03. The number of benzene rings is 2. The van der Waals surface area contributed by atoms with Gasteiger partial charge in [0.15, 0.2) is 0 Å². The number of hydrogen-bond donors (Lipinski definition) is 1.